The van der Waals surface area contributed by atoms with Crippen LogP contribution >= 0.6 is 11.6 Å². The van der Waals surface area contributed by atoms with E-state index in [-0.39, 0.29) is 21.5 Å². The molecule has 1 unspecified atom stereocenters. The fraction of sp³-hybridized carbons (Fsp3) is 0.571. The second kappa shape index (κ2) is 6.60. The molecule has 0 bridgehead atoms. The molecule has 0 spiro atoms. The average Bonchev–Trinajstić information content (AvgIpc) is 2.49. The summed E-state index contributed by atoms with van der Waals surface area (Å²) in [6.45, 7) is 1.88. The van der Waals surface area contributed by atoms with Crippen LogP contribution in [0.5, 0.6) is 0 Å². The highest BCUT2D eigenvalue weighted by Gasteiger charge is 2.33. The molecule has 118 valence electrons. The second-order valence-corrected chi connectivity index (χ2v) is 7.48. The number of sulfonamides is 1. The Balaban J connectivity index is 2.46. The fourth-order valence-corrected chi connectivity index (χ4v) is 4.72. The number of benzene rings is 1. The molecule has 4 nitrogen and oxygen atoms in total. The van der Waals surface area contributed by atoms with Gasteiger partial charge in [0.25, 0.3) is 0 Å². The van der Waals surface area contributed by atoms with Gasteiger partial charge in [-0.25, -0.2) is 12.8 Å². The molecule has 7 heteroatoms. The van der Waals surface area contributed by atoms with Gasteiger partial charge in [-0.05, 0) is 31.4 Å². The molecule has 1 saturated heterocycles. The van der Waals surface area contributed by atoms with Crippen molar-refractivity contribution < 1.29 is 17.9 Å². The van der Waals surface area contributed by atoms with Crippen LogP contribution in [0.1, 0.15) is 38.2 Å². The van der Waals surface area contributed by atoms with Gasteiger partial charge in [-0.15, -0.1) is 0 Å². The molecular weight excluding hydrogens is 317 g/mol. The van der Waals surface area contributed by atoms with E-state index in [0.29, 0.717) is 6.54 Å². The molecule has 1 aliphatic rings. The zero-order valence-corrected chi connectivity index (χ0v) is 13.4. The summed E-state index contributed by atoms with van der Waals surface area (Å²) in [6.07, 6.45) is 3.35. The number of rotatable bonds is 4. The summed E-state index contributed by atoms with van der Waals surface area (Å²) in [6, 6.07) is 2.13. The summed E-state index contributed by atoms with van der Waals surface area (Å²) in [5.74, 6) is -0.827. The van der Waals surface area contributed by atoms with Crippen LogP contribution in [0.4, 0.5) is 4.39 Å². The molecule has 1 N–H and O–H groups in total. The SMILES string of the molecule is CCC1CCCCN1S(=O)(=O)c1cc(F)c(Cl)c(CO)c1. The Labute approximate surface area is 129 Å². The van der Waals surface area contributed by atoms with Gasteiger partial charge in [-0.3, -0.25) is 0 Å². The average molecular weight is 336 g/mol. The van der Waals surface area contributed by atoms with Gasteiger partial charge in [-0.2, -0.15) is 4.31 Å². The number of aliphatic hydroxyl groups excluding tert-OH is 1. The maximum atomic E-state index is 13.8. The molecule has 0 amide bonds. The third kappa shape index (κ3) is 3.23. The summed E-state index contributed by atoms with van der Waals surface area (Å²) >= 11 is 5.71. The Bertz CT molecular complexity index is 621. The predicted octanol–water partition coefficient (Wildman–Crippen LogP) is 2.92. The van der Waals surface area contributed by atoms with Crippen LogP contribution < -0.4 is 0 Å². The molecule has 2 rings (SSSR count). The smallest absolute Gasteiger partial charge is 0.243 e. The van der Waals surface area contributed by atoms with Gasteiger partial charge in [0.2, 0.25) is 10.0 Å². The van der Waals surface area contributed by atoms with Crippen LogP contribution in [0.25, 0.3) is 0 Å². The second-order valence-electron chi connectivity index (χ2n) is 5.21. The largest absolute Gasteiger partial charge is 0.392 e. The zero-order chi connectivity index (χ0) is 15.6. The summed E-state index contributed by atoms with van der Waals surface area (Å²) < 4.78 is 40.7. The van der Waals surface area contributed by atoms with E-state index in [1.807, 2.05) is 6.92 Å². The lowest BCUT2D eigenvalue weighted by Gasteiger charge is -2.34. The zero-order valence-electron chi connectivity index (χ0n) is 11.8. The first-order valence-corrected chi connectivity index (χ1v) is 8.84. The molecule has 1 heterocycles. The first kappa shape index (κ1) is 16.7. The number of halogens is 2. The predicted molar refractivity (Wildman–Crippen MR) is 79.2 cm³/mol. The van der Waals surface area contributed by atoms with Crippen LogP contribution in [0.15, 0.2) is 17.0 Å². The summed E-state index contributed by atoms with van der Waals surface area (Å²) in [5.41, 5.74) is 0.0836. The van der Waals surface area contributed by atoms with Crippen molar-refractivity contribution in [1.29, 1.82) is 0 Å². The molecule has 0 saturated carbocycles. The van der Waals surface area contributed by atoms with Crippen molar-refractivity contribution in [3.63, 3.8) is 0 Å². The standard InChI is InChI=1S/C14H19ClFNO3S/c1-2-11-5-3-4-6-17(11)21(19,20)12-7-10(9-18)14(15)13(16)8-12/h7-8,11,18H,2-6,9H2,1H3. The van der Waals surface area contributed by atoms with E-state index in [9.17, 15) is 17.9 Å². The van der Waals surface area contributed by atoms with Crippen LogP contribution in [0.3, 0.4) is 0 Å². The van der Waals surface area contributed by atoms with Gasteiger partial charge in [-0.1, -0.05) is 24.9 Å². The van der Waals surface area contributed by atoms with Crippen molar-refractivity contribution in [2.24, 2.45) is 0 Å². The lowest BCUT2D eigenvalue weighted by atomic mass is 10.0. The first-order chi connectivity index (χ1) is 9.91. The van der Waals surface area contributed by atoms with Gasteiger partial charge in [0.15, 0.2) is 0 Å². The van der Waals surface area contributed by atoms with Crippen LogP contribution in [-0.4, -0.2) is 30.4 Å². The van der Waals surface area contributed by atoms with Crippen molar-refractivity contribution in [3.8, 4) is 0 Å². The Morgan fingerprint density at radius 2 is 2.14 bits per heavy atom. The van der Waals surface area contributed by atoms with Crippen LogP contribution in [0, 0.1) is 5.82 Å². The Hall–Kier alpha value is -0.690. The minimum atomic E-state index is -3.77. The minimum Gasteiger partial charge on any atom is -0.392 e. The van der Waals surface area contributed by atoms with Crippen molar-refractivity contribution in [1.82, 2.24) is 4.31 Å². The Kier molecular flexibility index (Phi) is 5.24. The van der Waals surface area contributed by atoms with Gasteiger partial charge in [0.1, 0.15) is 5.82 Å². The number of aliphatic hydroxyl groups is 1. The molecule has 21 heavy (non-hydrogen) atoms. The molecule has 0 aromatic heterocycles. The first-order valence-electron chi connectivity index (χ1n) is 7.02. The monoisotopic (exact) mass is 335 g/mol. The summed E-state index contributed by atoms with van der Waals surface area (Å²) in [7, 11) is -3.77. The van der Waals surface area contributed by atoms with E-state index < -0.39 is 22.4 Å². The van der Waals surface area contributed by atoms with Crippen molar-refractivity contribution in [2.75, 3.05) is 6.54 Å². The highest BCUT2D eigenvalue weighted by Crippen LogP contribution is 2.30. The van der Waals surface area contributed by atoms with E-state index in [1.165, 1.54) is 10.4 Å². The third-order valence-electron chi connectivity index (χ3n) is 3.90. The van der Waals surface area contributed by atoms with Gasteiger partial charge in [0.05, 0.1) is 16.5 Å². The third-order valence-corrected chi connectivity index (χ3v) is 6.25. The van der Waals surface area contributed by atoms with Crippen molar-refractivity contribution >= 4 is 21.6 Å². The van der Waals surface area contributed by atoms with Crippen LogP contribution in [0.2, 0.25) is 5.02 Å². The molecule has 1 fully saturated rings. The normalized spacial score (nSPS) is 20.7. The van der Waals surface area contributed by atoms with E-state index in [4.69, 9.17) is 11.6 Å². The highest BCUT2D eigenvalue weighted by atomic mass is 35.5. The molecule has 1 atom stereocenters. The van der Waals surface area contributed by atoms with Crippen molar-refractivity contribution in [3.05, 3.63) is 28.5 Å². The fourth-order valence-electron chi connectivity index (χ4n) is 2.72. The maximum absolute atomic E-state index is 13.8. The minimum absolute atomic E-state index is 0.0555. The summed E-state index contributed by atoms with van der Waals surface area (Å²) in [5, 5.41) is 8.95. The van der Waals surface area contributed by atoms with Gasteiger partial charge in [0, 0.05) is 18.2 Å². The van der Waals surface area contributed by atoms with E-state index in [2.05, 4.69) is 0 Å². The van der Waals surface area contributed by atoms with Gasteiger partial charge >= 0.3 is 0 Å². The van der Waals surface area contributed by atoms with Gasteiger partial charge < -0.3 is 5.11 Å². The number of hydrogen-bond acceptors (Lipinski definition) is 3. The lowest BCUT2D eigenvalue weighted by Crippen LogP contribution is -2.43. The molecule has 1 aliphatic heterocycles. The van der Waals surface area contributed by atoms with Crippen LogP contribution in [-0.2, 0) is 16.6 Å². The topological polar surface area (TPSA) is 57.6 Å². The quantitative estimate of drug-likeness (QED) is 0.920. The molecule has 1 aromatic rings. The summed E-state index contributed by atoms with van der Waals surface area (Å²) in [4.78, 5) is -0.145. The molecular formula is C14H19ClFNO3S. The van der Waals surface area contributed by atoms with E-state index >= 15 is 0 Å². The van der Waals surface area contributed by atoms with Crippen molar-refractivity contribution in [2.45, 2.75) is 50.2 Å². The number of nitrogens with zero attached hydrogens (tertiary/aromatic N) is 1. The number of piperidine rings is 1. The molecule has 0 aliphatic carbocycles. The Morgan fingerprint density at radius 3 is 2.76 bits per heavy atom. The highest BCUT2D eigenvalue weighted by molar-refractivity contribution is 7.89. The molecule has 1 aromatic carbocycles. The Morgan fingerprint density at radius 1 is 1.43 bits per heavy atom. The number of hydrogen-bond donors (Lipinski definition) is 1. The van der Waals surface area contributed by atoms with E-state index in [1.54, 1.807) is 0 Å². The molecule has 0 radical (unpaired) electrons. The maximum Gasteiger partial charge on any atom is 0.243 e. The lowest BCUT2D eigenvalue weighted by molar-refractivity contribution is 0.246. The van der Waals surface area contributed by atoms with E-state index in [0.717, 1.165) is 31.7 Å².